The molecule has 1 saturated carbocycles. The van der Waals surface area contributed by atoms with Crippen molar-refractivity contribution < 1.29 is 9.53 Å². The lowest BCUT2D eigenvalue weighted by Crippen LogP contribution is -2.39. The monoisotopic (exact) mass is 319 g/mol. The van der Waals surface area contributed by atoms with E-state index in [0.29, 0.717) is 11.9 Å². The molecule has 1 aromatic heterocycles. The van der Waals surface area contributed by atoms with Crippen LogP contribution in [0.5, 0.6) is 0 Å². The van der Waals surface area contributed by atoms with Crippen LogP contribution < -0.4 is 15.5 Å². The normalized spacial score (nSPS) is 19.4. The number of carbonyl (C=O) groups is 1. The SMILES string of the molecule is O=C(CNc1cc(N2CCOCC2)ncn1)NC1CCCCC1. The number of ether oxygens (including phenoxy) is 1. The van der Waals surface area contributed by atoms with Gasteiger partial charge in [-0.15, -0.1) is 0 Å². The number of hydrogen-bond acceptors (Lipinski definition) is 6. The molecular formula is C16H25N5O2. The molecule has 3 rings (SSSR count). The van der Waals surface area contributed by atoms with Gasteiger partial charge in [0.25, 0.3) is 0 Å². The Morgan fingerprint density at radius 2 is 2.00 bits per heavy atom. The molecule has 0 atom stereocenters. The fourth-order valence-corrected chi connectivity index (χ4v) is 3.11. The summed E-state index contributed by atoms with van der Waals surface area (Å²) in [5.41, 5.74) is 0. The van der Waals surface area contributed by atoms with Crippen LogP contribution in [-0.4, -0.2) is 54.8 Å². The average Bonchev–Trinajstić information content (AvgIpc) is 2.62. The molecule has 0 spiro atoms. The number of carbonyl (C=O) groups excluding carboxylic acids is 1. The van der Waals surface area contributed by atoms with Gasteiger partial charge >= 0.3 is 0 Å². The van der Waals surface area contributed by atoms with Gasteiger partial charge in [0.05, 0.1) is 19.8 Å². The van der Waals surface area contributed by atoms with Crippen molar-refractivity contribution in [3.63, 3.8) is 0 Å². The van der Waals surface area contributed by atoms with Crippen molar-refractivity contribution >= 4 is 17.5 Å². The van der Waals surface area contributed by atoms with Gasteiger partial charge in [0.1, 0.15) is 18.0 Å². The fraction of sp³-hybridized carbons (Fsp3) is 0.688. The molecule has 1 aromatic rings. The zero-order valence-corrected chi connectivity index (χ0v) is 13.5. The van der Waals surface area contributed by atoms with Gasteiger partial charge in [-0.1, -0.05) is 19.3 Å². The molecule has 126 valence electrons. The number of morpholine rings is 1. The molecule has 7 heteroatoms. The molecule has 0 aromatic carbocycles. The molecule has 2 aliphatic rings. The number of nitrogens with one attached hydrogen (secondary N) is 2. The maximum atomic E-state index is 12.0. The summed E-state index contributed by atoms with van der Waals surface area (Å²) in [4.78, 5) is 22.7. The van der Waals surface area contributed by atoms with Gasteiger partial charge in [0, 0.05) is 25.2 Å². The van der Waals surface area contributed by atoms with Gasteiger partial charge < -0.3 is 20.3 Å². The largest absolute Gasteiger partial charge is 0.378 e. The quantitative estimate of drug-likeness (QED) is 0.848. The third kappa shape index (κ3) is 4.79. The summed E-state index contributed by atoms with van der Waals surface area (Å²) >= 11 is 0. The number of hydrogen-bond donors (Lipinski definition) is 2. The fourth-order valence-electron chi connectivity index (χ4n) is 3.11. The first-order chi connectivity index (χ1) is 11.3. The van der Waals surface area contributed by atoms with Crippen LogP contribution in [0.3, 0.4) is 0 Å². The maximum Gasteiger partial charge on any atom is 0.239 e. The molecule has 1 aliphatic carbocycles. The minimum absolute atomic E-state index is 0.0310. The molecule has 7 nitrogen and oxygen atoms in total. The second-order valence-electron chi connectivity index (χ2n) is 6.12. The van der Waals surface area contributed by atoms with E-state index in [4.69, 9.17) is 4.74 Å². The summed E-state index contributed by atoms with van der Waals surface area (Å²) in [6.07, 6.45) is 7.45. The summed E-state index contributed by atoms with van der Waals surface area (Å²) in [5, 5.41) is 6.19. The second-order valence-corrected chi connectivity index (χ2v) is 6.12. The van der Waals surface area contributed by atoms with Crippen LogP contribution in [-0.2, 0) is 9.53 Å². The molecule has 2 fully saturated rings. The van der Waals surface area contributed by atoms with E-state index in [1.807, 2.05) is 6.07 Å². The Hall–Kier alpha value is -1.89. The van der Waals surface area contributed by atoms with Crippen molar-refractivity contribution in [3.05, 3.63) is 12.4 Å². The van der Waals surface area contributed by atoms with Gasteiger partial charge in [-0.3, -0.25) is 4.79 Å². The van der Waals surface area contributed by atoms with Crippen molar-refractivity contribution in [3.8, 4) is 0 Å². The van der Waals surface area contributed by atoms with E-state index in [1.54, 1.807) is 0 Å². The lowest BCUT2D eigenvalue weighted by Gasteiger charge is -2.27. The van der Waals surface area contributed by atoms with Crippen LogP contribution in [0.15, 0.2) is 12.4 Å². The Bertz CT molecular complexity index is 513. The molecule has 2 heterocycles. The van der Waals surface area contributed by atoms with Crippen LogP contribution in [0.25, 0.3) is 0 Å². The van der Waals surface area contributed by atoms with E-state index in [0.717, 1.165) is 45.0 Å². The smallest absolute Gasteiger partial charge is 0.239 e. The number of anilines is 2. The average molecular weight is 319 g/mol. The Morgan fingerprint density at radius 3 is 2.78 bits per heavy atom. The van der Waals surface area contributed by atoms with Crippen molar-refractivity contribution in [2.45, 2.75) is 38.1 Å². The highest BCUT2D eigenvalue weighted by molar-refractivity contribution is 5.80. The molecular weight excluding hydrogens is 294 g/mol. The number of rotatable bonds is 5. The van der Waals surface area contributed by atoms with E-state index in [9.17, 15) is 4.79 Å². The van der Waals surface area contributed by atoms with E-state index in [-0.39, 0.29) is 12.5 Å². The third-order valence-electron chi connectivity index (χ3n) is 4.39. The van der Waals surface area contributed by atoms with Gasteiger partial charge in [0.2, 0.25) is 5.91 Å². The Morgan fingerprint density at radius 1 is 1.22 bits per heavy atom. The van der Waals surface area contributed by atoms with Crippen LogP contribution in [0.2, 0.25) is 0 Å². The predicted molar refractivity (Wildman–Crippen MR) is 88.6 cm³/mol. The predicted octanol–water partition coefficient (Wildman–Crippen LogP) is 1.17. The van der Waals surface area contributed by atoms with Crippen LogP contribution in [0.4, 0.5) is 11.6 Å². The molecule has 0 bridgehead atoms. The van der Waals surface area contributed by atoms with Crippen LogP contribution >= 0.6 is 0 Å². The first-order valence-electron chi connectivity index (χ1n) is 8.49. The van der Waals surface area contributed by atoms with Crippen molar-refractivity contribution in [2.24, 2.45) is 0 Å². The zero-order valence-electron chi connectivity index (χ0n) is 13.5. The maximum absolute atomic E-state index is 12.0. The van der Waals surface area contributed by atoms with Gasteiger partial charge in [-0.05, 0) is 12.8 Å². The van der Waals surface area contributed by atoms with E-state index < -0.39 is 0 Å². The summed E-state index contributed by atoms with van der Waals surface area (Å²) < 4.78 is 5.35. The highest BCUT2D eigenvalue weighted by atomic mass is 16.5. The number of amides is 1. The summed E-state index contributed by atoms with van der Waals surface area (Å²) in [5.74, 6) is 1.59. The highest BCUT2D eigenvalue weighted by Crippen LogP contribution is 2.17. The zero-order chi connectivity index (χ0) is 15.9. The van der Waals surface area contributed by atoms with E-state index in [2.05, 4.69) is 25.5 Å². The van der Waals surface area contributed by atoms with Crippen molar-refractivity contribution in [2.75, 3.05) is 43.1 Å². The topological polar surface area (TPSA) is 79.4 Å². The molecule has 0 radical (unpaired) electrons. The van der Waals surface area contributed by atoms with E-state index in [1.165, 1.54) is 25.6 Å². The first kappa shape index (κ1) is 16.0. The third-order valence-corrected chi connectivity index (χ3v) is 4.39. The van der Waals surface area contributed by atoms with Crippen molar-refractivity contribution in [1.29, 1.82) is 0 Å². The summed E-state index contributed by atoms with van der Waals surface area (Å²) in [6, 6.07) is 2.23. The summed E-state index contributed by atoms with van der Waals surface area (Å²) in [7, 11) is 0. The molecule has 0 unspecified atom stereocenters. The molecule has 2 N–H and O–H groups in total. The van der Waals surface area contributed by atoms with Gasteiger partial charge in [0.15, 0.2) is 0 Å². The highest BCUT2D eigenvalue weighted by Gasteiger charge is 2.16. The molecule has 23 heavy (non-hydrogen) atoms. The Labute approximate surface area is 136 Å². The summed E-state index contributed by atoms with van der Waals surface area (Å²) in [6.45, 7) is 3.35. The minimum Gasteiger partial charge on any atom is -0.378 e. The Balaban J connectivity index is 1.48. The van der Waals surface area contributed by atoms with Gasteiger partial charge in [-0.25, -0.2) is 9.97 Å². The standard InChI is InChI=1S/C16H25N5O2/c22-16(20-13-4-2-1-3-5-13)11-17-14-10-15(19-12-18-14)21-6-8-23-9-7-21/h10,12-13H,1-9,11H2,(H,20,22)(H,17,18,19). The minimum atomic E-state index is 0.0310. The molecule has 1 aliphatic heterocycles. The first-order valence-corrected chi connectivity index (χ1v) is 8.49. The van der Waals surface area contributed by atoms with Gasteiger partial charge in [-0.2, -0.15) is 0 Å². The molecule has 1 saturated heterocycles. The lowest BCUT2D eigenvalue weighted by atomic mass is 9.95. The van der Waals surface area contributed by atoms with Crippen molar-refractivity contribution in [1.82, 2.24) is 15.3 Å². The number of aromatic nitrogens is 2. The molecule has 1 amide bonds. The van der Waals surface area contributed by atoms with E-state index >= 15 is 0 Å². The second kappa shape index (κ2) is 8.10. The van der Waals surface area contributed by atoms with Crippen LogP contribution in [0, 0.1) is 0 Å². The van der Waals surface area contributed by atoms with Crippen LogP contribution in [0.1, 0.15) is 32.1 Å². The lowest BCUT2D eigenvalue weighted by molar-refractivity contribution is -0.120. The Kier molecular flexibility index (Phi) is 5.63. The number of nitrogens with zero attached hydrogens (tertiary/aromatic N) is 3.